The third-order valence-corrected chi connectivity index (χ3v) is 3.85. The van der Waals surface area contributed by atoms with Crippen LogP contribution in [0.5, 0.6) is 0 Å². The lowest BCUT2D eigenvalue weighted by Crippen LogP contribution is -2.37. The zero-order valence-electron chi connectivity index (χ0n) is 11.1. The van der Waals surface area contributed by atoms with Gasteiger partial charge in [0.2, 0.25) is 0 Å². The highest BCUT2D eigenvalue weighted by molar-refractivity contribution is 7.80. The van der Waals surface area contributed by atoms with Crippen molar-refractivity contribution < 1.29 is 4.74 Å². The van der Waals surface area contributed by atoms with Crippen LogP contribution in [0, 0.1) is 6.92 Å². The highest BCUT2D eigenvalue weighted by Gasteiger charge is 2.29. The first-order valence-electron chi connectivity index (χ1n) is 6.25. The molecule has 0 amide bonds. The summed E-state index contributed by atoms with van der Waals surface area (Å²) in [6.45, 7) is 5.02. The van der Waals surface area contributed by atoms with Gasteiger partial charge in [-0.1, -0.05) is 18.3 Å². The molecular weight excluding hydrogens is 244 g/mol. The molecule has 0 radical (unpaired) electrons. The average molecular weight is 264 g/mol. The first-order chi connectivity index (χ1) is 8.50. The molecule has 4 heteroatoms. The zero-order chi connectivity index (χ0) is 13.3. The number of hydrogen-bond donors (Lipinski definition) is 1. The maximum atomic E-state index is 5.81. The van der Waals surface area contributed by atoms with E-state index < -0.39 is 0 Å². The summed E-state index contributed by atoms with van der Waals surface area (Å²) in [6, 6.07) is 6.57. The van der Waals surface area contributed by atoms with Crippen molar-refractivity contribution in [1.29, 1.82) is 0 Å². The molecule has 2 unspecified atom stereocenters. The van der Waals surface area contributed by atoms with Crippen LogP contribution in [0.3, 0.4) is 0 Å². The van der Waals surface area contributed by atoms with Crippen LogP contribution in [0.2, 0.25) is 0 Å². The van der Waals surface area contributed by atoms with Crippen LogP contribution < -0.4 is 10.6 Å². The smallest absolute Gasteiger partial charge is 0.106 e. The molecule has 1 fully saturated rings. The predicted molar refractivity (Wildman–Crippen MR) is 79.3 cm³/mol. The van der Waals surface area contributed by atoms with Crippen LogP contribution in [0.25, 0.3) is 0 Å². The number of likely N-dealkylation sites (N-methyl/N-ethyl adjacent to an activating group) is 1. The summed E-state index contributed by atoms with van der Waals surface area (Å²) in [6.07, 6.45) is 1.29. The second kappa shape index (κ2) is 5.24. The van der Waals surface area contributed by atoms with E-state index in [2.05, 4.69) is 31.9 Å². The van der Waals surface area contributed by atoms with Gasteiger partial charge in [0, 0.05) is 24.9 Å². The zero-order valence-corrected chi connectivity index (χ0v) is 12.0. The molecule has 2 rings (SSSR count). The molecule has 0 bridgehead atoms. The number of rotatable bonds is 3. The van der Waals surface area contributed by atoms with Gasteiger partial charge in [0.25, 0.3) is 0 Å². The first-order valence-corrected chi connectivity index (χ1v) is 6.66. The Kier molecular flexibility index (Phi) is 3.88. The summed E-state index contributed by atoms with van der Waals surface area (Å²) >= 11 is 5.14. The number of hydrogen-bond acceptors (Lipinski definition) is 3. The van der Waals surface area contributed by atoms with Crippen molar-refractivity contribution in [3.05, 3.63) is 29.3 Å². The minimum absolute atomic E-state index is 0.245. The van der Waals surface area contributed by atoms with Crippen molar-refractivity contribution in [2.75, 3.05) is 18.6 Å². The fourth-order valence-corrected chi connectivity index (χ4v) is 2.72. The Morgan fingerprint density at radius 2 is 2.22 bits per heavy atom. The van der Waals surface area contributed by atoms with Gasteiger partial charge >= 0.3 is 0 Å². The quantitative estimate of drug-likeness (QED) is 0.850. The van der Waals surface area contributed by atoms with Crippen LogP contribution >= 0.6 is 12.2 Å². The third-order valence-electron chi connectivity index (χ3n) is 3.63. The molecule has 0 saturated carbocycles. The van der Waals surface area contributed by atoms with Crippen LogP contribution in [0.4, 0.5) is 5.69 Å². The van der Waals surface area contributed by atoms with Crippen LogP contribution in [0.1, 0.15) is 24.5 Å². The van der Waals surface area contributed by atoms with Crippen molar-refractivity contribution in [3.63, 3.8) is 0 Å². The summed E-state index contributed by atoms with van der Waals surface area (Å²) in [4.78, 5) is 2.70. The molecule has 1 aliphatic rings. The molecule has 3 nitrogen and oxygen atoms in total. The summed E-state index contributed by atoms with van der Waals surface area (Å²) in [5.74, 6) is 0. The molecule has 18 heavy (non-hydrogen) atoms. The number of nitrogens with zero attached hydrogens (tertiary/aromatic N) is 1. The number of benzene rings is 1. The van der Waals surface area contributed by atoms with E-state index in [0.717, 1.165) is 24.3 Å². The molecule has 2 N–H and O–H groups in total. The van der Waals surface area contributed by atoms with Crippen molar-refractivity contribution >= 4 is 22.9 Å². The number of anilines is 1. The summed E-state index contributed by atoms with van der Waals surface area (Å²) in [7, 11) is 2.09. The van der Waals surface area contributed by atoms with Gasteiger partial charge in [-0.2, -0.15) is 0 Å². The molecule has 1 aromatic carbocycles. The maximum Gasteiger partial charge on any atom is 0.106 e. The number of ether oxygens (including phenoxy) is 1. The van der Waals surface area contributed by atoms with Crippen LogP contribution in [-0.2, 0) is 4.74 Å². The average Bonchev–Trinajstić information content (AvgIpc) is 2.74. The Morgan fingerprint density at radius 3 is 2.78 bits per heavy atom. The lowest BCUT2D eigenvalue weighted by molar-refractivity contribution is 0.118. The van der Waals surface area contributed by atoms with Crippen molar-refractivity contribution in [3.8, 4) is 0 Å². The van der Waals surface area contributed by atoms with Gasteiger partial charge in [0.05, 0.1) is 12.1 Å². The van der Waals surface area contributed by atoms with Gasteiger partial charge in [-0.3, -0.25) is 0 Å². The fourth-order valence-electron chi connectivity index (χ4n) is 2.55. The lowest BCUT2D eigenvalue weighted by Gasteiger charge is -2.30. The summed E-state index contributed by atoms with van der Waals surface area (Å²) in [5, 5.41) is 0. The Balaban J connectivity index is 2.36. The standard InChI is InChI=1S/C14H20N2OS/c1-9-4-5-11(14(15)18)13(8-9)16(3)12-6-7-17-10(12)2/h4-5,8,10,12H,6-7H2,1-3H3,(H2,15,18). The molecule has 1 aromatic rings. The van der Waals surface area contributed by atoms with Crippen molar-refractivity contribution in [2.45, 2.75) is 32.4 Å². The molecule has 2 atom stereocenters. The van der Waals surface area contributed by atoms with E-state index >= 15 is 0 Å². The molecular formula is C14H20N2OS. The largest absolute Gasteiger partial charge is 0.389 e. The third kappa shape index (κ3) is 2.49. The number of aryl methyl sites for hydroxylation is 1. The molecule has 1 saturated heterocycles. The SMILES string of the molecule is Cc1ccc(C(N)=S)c(N(C)C2CCOC2C)c1. The topological polar surface area (TPSA) is 38.5 Å². The lowest BCUT2D eigenvalue weighted by atomic mass is 10.0. The fraction of sp³-hybridized carbons (Fsp3) is 0.500. The van der Waals surface area contributed by atoms with E-state index in [-0.39, 0.29) is 6.10 Å². The Morgan fingerprint density at radius 1 is 1.50 bits per heavy atom. The van der Waals surface area contributed by atoms with Gasteiger partial charge in [0.1, 0.15) is 4.99 Å². The molecule has 1 aliphatic heterocycles. The van der Waals surface area contributed by atoms with E-state index in [1.807, 2.05) is 12.1 Å². The molecule has 0 aliphatic carbocycles. The van der Waals surface area contributed by atoms with Crippen LogP contribution in [-0.4, -0.2) is 30.8 Å². The maximum absolute atomic E-state index is 5.81. The predicted octanol–water partition coefficient (Wildman–Crippen LogP) is 2.24. The van der Waals surface area contributed by atoms with Crippen LogP contribution in [0.15, 0.2) is 18.2 Å². The molecule has 98 valence electrons. The highest BCUT2D eigenvalue weighted by atomic mass is 32.1. The van der Waals surface area contributed by atoms with Gasteiger partial charge in [-0.25, -0.2) is 0 Å². The van der Waals surface area contributed by atoms with E-state index in [9.17, 15) is 0 Å². The van der Waals surface area contributed by atoms with Crippen molar-refractivity contribution in [2.24, 2.45) is 5.73 Å². The summed E-state index contributed by atoms with van der Waals surface area (Å²) < 4.78 is 5.63. The highest BCUT2D eigenvalue weighted by Crippen LogP contribution is 2.28. The Labute approximate surface area is 114 Å². The first kappa shape index (κ1) is 13.3. The van der Waals surface area contributed by atoms with E-state index in [1.54, 1.807) is 0 Å². The second-order valence-corrected chi connectivity index (χ2v) is 5.37. The van der Waals surface area contributed by atoms with Gasteiger partial charge < -0.3 is 15.4 Å². The molecule has 0 aromatic heterocycles. The Bertz CT molecular complexity index is 461. The van der Waals surface area contributed by atoms with Gasteiger partial charge in [-0.05, 0) is 38.0 Å². The van der Waals surface area contributed by atoms with E-state index in [1.165, 1.54) is 5.56 Å². The normalized spacial score (nSPS) is 23.1. The second-order valence-electron chi connectivity index (χ2n) is 4.93. The van der Waals surface area contributed by atoms with Gasteiger partial charge in [0.15, 0.2) is 0 Å². The van der Waals surface area contributed by atoms with Gasteiger partial charge in [-0.15, -0.1) is 0 Å². The summed E-state index contributed by atoms with van der Waals surface area (Å²) in [5.41, 5.74) is 9.06. The Hall–Kier alpha value is -1.13. The number of nitrogens with two attached hydrogens (primary N) is 1. The van der Waals surface area contributed by atoms with Crippen molar-refractivity contribution in [1.82, 2.24) is 0 Å². The number of thiocarbonyl (C=S) groups is 1. The molecule has 1 heterocycles. The monoisotopic (exact) mass is 264 g/mol. The van der Waals surface area contributed by atoms with E-state index in [0.29, 0.717) is 11.0 Å². The molecule has 0 spiro atoms. The van der Waals surface area contributed by atoms with E-state index in [4.69, 9.17) is 22.7 Å². The minimum atomic E-state index is 0.245. The minimum Gasteiger partial charge on any atom is -0.389 e.